The standard InChI is InChI=1S/C21H19F3N4O/c22-21(23,24)13-29-20-17(16-3-1-14(10-25)2-4-16)9-19-18(27-20)6-8-28(19)12-15-5-7-26-11-15/h1-4,6,8-9,15,26H,5,7,11-13H2/t15-/m0/s1. The average molecular weight is 400 g/mol. The Morgan fingerprint density at radius 2 is 2.03 bits per heavy atom. The maximum absolute atomic E-state index is 12.7. The molecular weight excluding hydrogens is 381 g/mol. The topological polar surface area (TPSA) is 62.9 Å². The molecule has 150 valence electrons. The second kappa shape index (κ2) is 7.76. The molecule has 1 saturated heterocycles. The molecule has 1 aliphatic heterocycles. The first-order chi connectivity index (χ1) is 13.9. The van der Waals surface area contributed by atoms with Gasteiger partial charge in [0, 0.05) is 18.3 Å². The van der Waals surface area contributed by atoms with Crippen molar-refractivity contribution in [2.24, 2.45) is 5.92 Å². The zero-order chi connectivity index (χ0) is 20.4. The van der Waals surface area contributed by atoms with Crippen LogP contribution in [0, 0.1) is 17.2 Å². The zero-order valence-electron chi connectivity index (χ0n) is 15.5. The van der Waals surface area contributed by atoms with Crippen molar-refractivity contribution in [1.82, 2.24) is 14.9 Å². The van der Waals surface area contributed by atoms with Crippen LogP contribution in [0.4, 0.5) is 13.2 Å². The quantitative estimate of drug-likeness (QED) is 0.700. The molecule has 2 aromatic heterocycles. The van der Waals surface area contributed by atoms with E-state index < -0.39 is 12.8 Å². The van der Waals surface area contributed by atoms with Gasteiger partial charge in [-0.05, 0) is 55.3 Å². The molecule has 3 aromatic rings. The number of halogens is 3. The molecule has 0 aliphatic carbocycles. The number of nitrogens with zero attached hydrogens (tertiary/aromatic N) is 3. The summed E-state index contributed by atoms with van der Waals surface area (Å²) in [5.41, 5.74) is 3.01. The lowest BCUT2D eigenvalue weighted by Crippen LogP contribution is -2.20. The van der Waals surface area contributed by atoms with Gasteiger partial charge in [-0.15, -0.1) is 0 Å². The molecule has 0 unspecified atom stereocenters. The first-order valence-electron chi connectivity index (χ1n) is 9.33. The molecule has 1 aromatic carbocycles. The van der Waals surface area contributed by atoms with E-state index in [1.807, 2.05) is 18.3 Å². The smallest absolute Gasteiger partial charge is 0.422 e. The number of hydrogen-bond donors (Lipinski definition) is 1. The molecule has 0 bridgehead atoms. The molecule has 0 spiro atoms. The first kappa shape index (κ1) is 19.3. The van der Waals surface area contributed by atoms with Crippen molar-refractivity contribution in [2.45, 2.75) is 19.1 Å². The summed E-state index contributed by atoms with van der Waals surface area (Å²) in [6.45, 7) is 1.34. The normalized spacial score (nSPS) is 16.8. The summed E-state index contributed by atoms with van der Waals surface area (Å²) in [5.74, 6) is 0.435. The highest BCUT2D eigenvalue weighted by Crippen LogP contribution is 2.33. The number of fused-ring (bicyclic) bond motifs is 1. The SMILES string of the molecule is N#Cc1ccc(-c2cc3c(ccn3C[C@H]3CCNC3)nc2OCC(F)(F)F)cc1. The summed E-state index contributed by atoms with van der Waals surface area (Å²) in [6, 6.07) is 12.3. The van der Waals surface area contributed by atoms with Crippen LogP contribution in [0.1, 0.15) is 12.0 Å². The van der Waals surface area contributed by atoms with E-state index in [1.54, 1.807) is 30.3 Å². The minimum absolute atomic E-state index is 0.0696. The Morgan fingerprint density at radius 3 is 2.69 bits per heavy atom. The van der Waals surface area contributed by atoms with Gasteiger partial charge in [-0.2, -0.15) is 18.4 Å². The van der Waals surface area contributed by atoms with Gasteiger partial charge in [0.1, 0.15) is 0 Å². The maximum Gasteiger partial charge on any atom is 0.422 e. The highest BCUT2D eigenvalue weighted by atomic mass is 19.4. The molecule has 0 radical (unpaired) electrons. The van der Waals surface area contributed by atoms with Gasteiger partial charge in [-0.3, -0.25) is 0 Å². The van der Waals surface area contributed by atoms with Crippen LogP contribution >= 0.6 is 0 Å². The third-order valence-electron chi connectivity index (χ3n) is 5.03. The summed E-state index contributed by atoms with van der Waals surface area (Å²) in [4.78, 5) is 4.37. The van der Waals surface area contributed by atoms with Crippen LogP contribution < -0.4 is 10.1 Å². The van der Waals surface area contributed by atoms with Gasteiger partial charge < -0.3 is 14.6 Å². The fourth-order valence-electron chi connectivity index (χ4n) is 3.59. The molecule has 29 heavy (non-hydrogen) atoms. The lowest BCUT2D eigenvalue weighted by atomic mass is 10.0. The third-order valence-corrected chi connectivity index (χ3v) is 5.03. The number of nitriles is 1. The van der Waals surface area contributed by atoms with Crippen molar-refractivity contribution in [1.29, 1.82) is 5.26 Å². The number of pyridine rings is 1. The summed E-state index contributed by atoms with van der Waals surface area (Å²) >= 11 is 0. The number of benzene rings is 1. The molecule has 0 saturated carbocycles. The van der Waals surface area contributed by atoms with Gasteiger partial charge in [-0.1, -0.05) is 12.1 Å². The van der Waals surface area contributed by atoms with Crippen LogP contribution in [0.25, 0.3) is 22.2 Å². The van der Waals surface area contributed by atoms with Crippen LogP contribution in [0.2, 0.25) is 0 Å². The Morgan fingerprint density at radius 1 is 1.24 bits per heavy atom. The lowest BCUT2D eigenvalue weighted by Gasteiger charge is -2.15. The zero-order valence-corrected chi connectivity index (χ0v) is 15.5. The van der Waals surface area contributed by atoms with Gasteiger partial charge in [0.25, 0.3) is 0 Å². The number of aromatic nitrogens is 2. The van der Waals surface area contributed by atoms with Crippen molar-refractivity contribution in [3.05, 3.63) is 48.2 Å². The van der Waals surface area contributed by atoms with E-state index in [0.717, 1.165) is 31.6 Å². The van der Waals surface area contributed by atoms with Crippen LogP contribution in [0.5, 0.6) is 5.88 Å². The number of rotatable bonds is 5. The Kier molecular flexibility index (Phi) is 5.16. The predicted octanol–water partition coefficient (Wildman–Crippen LogP) is 4.13. The molecule has 1 aliphatic rings. The lowest BCUT2D eigenvalue weighted by molar-refractivity contribution is -0.153. The summed E-state index contributed by atoms with van der Waals surface area (Å²) in [6.07, 6.45) is -1.46. The minimum Gasteiger partial charge on any atom is -0.468 e. The van der Waals surface area contributed by atoms with Crippen molar-refractivity contribution in [3.8, 4) is 23.1 Å². The number of alkyl halides is 3. The largest absolute Gasteiger partial charge is 0.468 e. The summed E-state index contributed by atoms with van der Waals surface area (Å²) in [7, 11) is 0. The molecule has 8 heteroatoms. The van der Waals surface area contributed by atoms with E-state index in [4.69, 9.17) is 10.00 Å². The van der Waals surface area contributed by atoms with E-state index in [1.165, 1.54) is 0 Å². The number of nitrogens with one attached hydrogen (secondary N) is 1. The van der Waals surface area contributed by atoms with Crippen molar-refractivity contribution < 1.29 is 17.9 Å². The highest BCUT2D eigenvalue weighted by molar-refractivity contribution is 5.84. The molecule has 3 heterocycles. The molecule has 5 nitrogen and oxygen atoms in total. The van der Waals surface area contributed by atoms with Crippen LogP contribution in [-0.4, -0.2) is 35.4 Å². The fourth-order valence-corrected chi connectivity index (χ4v) is 3.59. The summed E-state index contributed by atoms with van der Waals surface area (Å²) < 4.78 is 45.3. The Bertz CT molecular complexity index is 1040. The maximum atomic E-state index is 12.7. The molecular formula is C21H19F3N4O. The Hall–Kier alpha value is -3.05. The predicted molar refractivity (Wildman–Crippen MR) is 102 cm³/mol. The Labute approximate surface area is 165 Å². The van der Waals surface area contributed by atoms with E-state index in [0.29, 0.717) is 28.1 Å². The monoisotopic (exact) mass is 400 g/mol. The van der Waals surface area contributed by atoms with Crippen LogP contribution in [0.3, 0.4) is 0 Å². The van der Waals surface area contributed by atoms with Crippen LogP contribution in [0.15, 0.2) is 42.6 Å². The van der Waals surface area contributed by atoms with Crippen LogP contribution in [-0.2, 0) is 6.54 Å². The van der Waals surface area contributed by atoms with Crippen molar-refractivity contribution >= 4 is 11.0 Å². The molecule has 1 atom stereocenters. The second-order valence-electron chi connectivity index (χ2n) is 7.17. The number of ether oxygens (including phenoxy) is 1. The van der Waals surface area contributed by atoms with E-state index in [2.05, 4.69) is 14.9 Å². The number of hydrogen-bond acceptors (Lipinski definition) is 4. The van der Waals surface area contributed by atoms with E-state index in [9.17, 15) is 13.2 Å². The third kappa shape index (κ3) is 4.35. The Balaban J connectivity index is 1.75. The fraction of sp³-hybridized carbons (Fsp3) is 0.333. The van der Waals surface area contributed by atoms with E-state index >= 15 is 0 Å². The van der Waals surface area contributed by atoms with E-state index in [-0.39, 0.29) is 5.88 Å². The first-order valence-corrected chi connectivity index (χ1v) is 9.33. The van der Waals surface area contributed by atoms with Crippen molar-refractivity contribution in [2.75, 3.05) is 19.7 Å². The van der Waals surface area contributed by atoms with Gasteiger partial charge >= 0.3 is 6.18 Å². The molecule has 0 amide bonds. The second-order valence-corrected chi connectivity index (χ2v) is 7.17. The van der Waals surface area contributed by atoms with Gasteiger partial charge in [0.05, 0.1) is 22.7 Å². The minimum atomic E-state index is -4.46. The van der Waals surface area contributed by atoms with Gasteiger partial charge in [-0.25, -0.2) is 4.98 Å². The molecule has 4 rings (SSSR count). The molecule has 1 N–H and O–H groups in total. The van der Waals surface area contributed by atoms with Gasteiger partial charge in [0.2, 0.25) is 5.88 Å². The molecule has 1 fully saturated rings. The average Bonchev–Trinajstić information content (AvgIpc) is 3.35. The van der Waals surface area contributed by atoms with Crippen molar-refractivity contribution in [3.63, 3.8) is 0 Å². The van der Waals surface area contributed by atoms with Gasteiger partial charge in [0.15, 0.2) is 6.61 Å². The summed E-state index contributed by atoms with van der Waals surface area (Å²) in [5, 5.41) is 12.3. The highest BCUT2D eigenvalue weighted by Gasteiger charge is 2.29.